The Balaban J connectivity index is 1.53. The zero-order chi connectivity index (χ0) is 21.3. The van der Waals surface area contributed by atoms with E-state index in [1.807, 2.05) is 0 Å². The van der Waals surface area contributed by atoms with Crippen molar-refractivity contribution < 1.29 is 27.9 Å². The number of halogens is 2. The molecule has 0 spiro atoms. The molecule has 158 valence electrons. The van der Waals surface area contributed by atoms with Gasteiger partial charge in [0.25, 0.3) is 0 Å². The number of carbonyl (C=O) groups excluding carboxylic acids is 3. The minimum absolute atomic E-state index is 0.0398. The van der Waals surface area contributed by atoms with Crippen molar-refractivity contribution in [1.29, 1.82) is 0 Å². The van der Waals surface area contributed by atoms with E-state index in [0.29, 0.717) is 18.5 Å². The molecular weight excluding hydrogens is 402 g/mol. The first kappa shape index (κ1) is 19.9. The van der Waals surface area contributed by atoms with E-state index >= 15 is 0 Å². The predicted molar refractivity (Wildman–Crippen MR) is 95.5 cm³/mol. The van der Waals surface area contributed by atoms with Crippen LogP contribution in [0.1, 0.15) is 37.9 Å². The lowest BCUT2D eigenvalue weighted by atomic mass is 9.94. The van der Waals surface area contributed by atoms with Crippen molar-refractivity contribution in [3.8, 4) is 11.4 Å². The van der Waals surface area contributed by atoms with E-state index in [2.05, 4.69) is 20.3 Å². The third kappa shape index (κ3) is 3.72. The Morgan fingerprint density at radius 3 is 2.40 bits per heavy atom. The fourth-order valence-corrected chi connectivity index (χ4v) is 3.74. The molecule has 1 aromatic carbocycles. The number of alkyl halides is 2. The maximum absolute atomic E-state index is 12.8. The molecule has 1 aliphatic carbocycles. The first-order valence-corrected chi connectivity index (χ1v) is 9.47. The van der Waals surface area contributed by atoms with Crippen LogP contribution in [0.4, 0.5) is 13.6 Å². The van der Waals surface area contributed by atoms with Crippen molar-refractivity contribution in [1.82, 2.24) is 30.0 Å². The molecule has 2 fully saturated rings. The summed E-state index contributed by atoms with van der Waals surface area (Å²) in [5.41, 5.74) is 0.408. The van der Waals surface area contributed by atoms with Gasteiger partial charge in [0.1, 0.15) is 5.75 Å². The number of benzene rings is 1. The molecule has 0 bridgehead atoms. The van der Waals surface area contributed by atoms with E-state index in [4.69, 9.17) is 0 Å². The van der Waals surface area contributed by atoms with E-state index in [9.17, 15) is 23.2 Å². The van der Waals surface area contributed by atoms with E-state index in [1.165, 1.54) is 28.9 Å². The van der Waals surface area contributed by atoms with Crippen molar-refractivity contribution in [2.45, 2.75) is 51.3 Å². The van der Waals surface area contributed by atoms with E-state index in [1.54, 1.807) is 0 Å². The van der Waals surface area contributed by atoms with E-state index < -0.39 is 24.5 Å². The second kappa shape index (κ2) is 8.13. The van der Waals surface area contributed by atoms with Gasteiger partial charge in [0.15, 0.2) is 5.82 Å². The monoisotopic (exact) mass is 420 g/mol. The molecule has 0 unspecified atom stereocenters. The lowest BCUT2D eigenvalue weighted by Crippen LogP contribution is -2.42. The summed E-state index contributed by atoms with van der Waals surface area (Å²) in [4.78, 5) is 39.5. The molecule has 30 heavy (non-hydrogen) atoms. The zero-order valence-corrected chi connectivity index (χ0v) is 15.8. The normalized spacial score (nSPS) is 18.0. The van der Waals surface area contributed by atoms with Crippen molar-refractivity contribution in [2.75, 3.05) is 0 Å². The van der Waals surface area contributed by atoms with Crippen LogP contribution in [0.5, 0.6) is 5.75 Å². The van der Waals surface area contributed by atoms with Crippen LogP contribution in [0.15, 0.2) is 24.3 Å². The van der Waals surface area contributed by atoms with Gasteiger partial charge in [-0.05, 0) is 47.5 Å². The Bertz CT molecular complexity index is 958. The Hall–Kier alpha value is -3.44. The number of carbonyl (C=O) groups is 3. The van der Waals surface area contributed by atoms with Gasteiger partial charge in [0, 0.05) is 6.04 Å². The highest BCUT2D eigenvalue weighted by Gasteiger charge is 2.48. The highest BCUT2D eigenvalue weighted by atomic mass is 19.3. The van der Waals surface area contributed by atoms with E-state index in [-0.39, 0.29) is 24.2 Å². The van der Waals surface area contributed by atoms with Crippen LogP contribution >= 0.6 is 0 Å². The molecule has 12 heteroatoms. The molecular formula is C18H18F2N6O4. The summed E-state index contributed by atoms with van der Waals surface area (Å²) in [7, 11) is 0. The van der Waals surface area contributed by atoms with Gasteiger partial charge in [-0.15, -0.1) is 5.10 Å². The van der Waals surface area contributed by atoms with Gasteiger partial charge in [-0.2, -0.15) is 13.5 Å². The molecule has 0 atom stereocenters. The largest absolute Gasteiger partial charge is 0.435 e. The van der Waals surface area contributed by atoms with Gasteiger partial charge in [-0.25, -0.2) is 9.69 Å². The highest BCUT2D eigenvalue weighted by Crippen LogP contribution is 2.27. The smallest absolute Gasteiger partial charge is 0.387 e. The Labute approximate surface area is 169 Å². The fourth-order valence-electron chi connectivity index (χ4n) is 3.74. The second-order valence-electron chi connectivity index (χ2n) is 7.02. The summed E-state index contributed by atoms with van der Waals surface area (Å²) < 4.78 is 30.1. The molecule has 0 N–H and O–H groups in total. The van der Waals surface area contributed by atoms with Gasteiger partial charge in [-0.1, -0.05) is 19.3 Å². The van der Waals surface area contributed by atoms with Crippen LogP contribution in [0.3, 0.4) is 0 Å². The summed E-state index contributed by atoms with van der Waals surface area (Å²) in [6, 6.07) is 4.58. The van der Waals surface area contributed by atoms with Crippen molar-refractivity contribution in [2.24, 2.45) is 0 Å². The third-order valence-corrected chi connectivity index (χ3v) is 5.16. The number of urea groups is 1. The average molecular weight is 420 g/mol. The fraction of sp³-hybridized carbons (Fsp3) is 0.444. The van der Waals surface area contributed by atoms with Crippen molar-refractivity contribution in [3.63, 3.8) is 0 Å². The van der Waals surface area contributed by atoms with Crippen LogP contribution < -0.4 is 4.74 Å². The minimum Gasteiger partial charge on any atom is -0.435 e. The molecule has 1 saturated carbocycles. The number of hydrogen-bond acceptors (Lipinski definition) is 7. The predicted octanol–water partition coefficient (Wildman–Crippen LogP) is 1.89. The number of rotatable bonds is 6. The quantitative estimate of drug-likeness (QED) is 0.518. The van der Waals surface area contributed by atoms with Crippen LogP contribution in [-0.4, -0.2) is 60.5 Å². The van der Waals surface area contributed by atoms with Crippen molar-refractivity contribution in [3.05, 3.63) is 30.1 Å². The Morgan fingerprint density at radius 1 is 1.03 bits per heavy atom. The summed E-state index contributed by atoms with van der Waals surface area (Å²) >= 11 is 0. The van der Waals surface area contributed by atoms with Gasteiger partial charge in [0.2, 0.25) is 0 Å². The summed E-state index contributed by atoms with van der Waals surface area (Å²) in [5, 5.41) is 11.2. The number of nitrogens with zero attached hydrogens (tertiary/aromatic N) is 6. The summed E-state index contributed by atoms with van der Waals surface area (Å²) in [6.07, 6.45) is 4.21. The molecule has 4 amide bonds. The third-order valence-electron chi connectivity index (χ3n) is 5.16. The van der Waals surface area contributed by atoms with Crippen molar-refractivity contribution >= 4 is 17.8 Å². The Kier molecular flexibility index (Phi) is 5.38. The van der Waals surface area contributed by atoms with Crippen LogP contribution in [0, 0.1) is 0 Å². The number of hydrogen-bond donors (Lipinski definition) is 0. The van der Waals surface area contributed by atoms with Gasteiger partial charge in [-0.3, -0.25) is 14.5 Å². The minimum atomic E-state index is -2.95. The maximum atomic E-state index is 12.8. The molecule has 2 aliphatic rings. The van der Waals surface area contributed by atoms with Gasteiger partial charge < -0.3 is 4.74 Å². The SMILES string of the molecule is O=C1C(=O)N(C2CCCCC2)C(=O)N1Cc1nnnn1-c1ccc(OC(F)F)cc1. The second-order valence-corrected chi connectivity index (χ2v) is 7.02. The number of tetrazole rings is 1. The number of imide groups is 2. The molecule has 2 aromatic rings. The zero-order valence-electron chi connectivity index (χ0n) is 15.8. The number of aromatic nitrogens is 4. The number of amides is 4. The lowest BCUT2D eigenvalue weighted by Gasteiger charge is -2.28. The van der Waals surface area contributed by atoms with Crippen LogP contribution in [0.25, 0.3) is 5.69 Å². The standard InChI is InChI=1S/C18H18F2N6O4/c19-17(20)30-13-8-6-12(7-9-13)26-14(21-22-23-26)10-24-15(27)16(28)25(18(24)29)11-4-2-1-3-5-11/h6-9,11,17H,1-5,10H2. The first-order valence-electron chi connectivity index (χ1n) is 9.47. The topological polar surface area (TPSA) is 111 Å². The maximum Gasteiger partial charge on any atom is 0.387 e. The molecule has 1 aliphatic heterocycles. The molecule has 2 heterocycles. The van der Waals surface area contributed by atoms with Gasteiger partial charge >= 0.3 is 24.5 Å². The Morgan fingerprint density at radius 2 is 1.73 bits per heavy atom. The molecule has 1 aromatic heterocycles. The lowest BCUT2D eigenvalue weighted by molar-refractivity contribution is -0.144. The molecule has 0 radical (unpaired) electrons. The first-order chi connectivity index (χ1) is 14.5. The molecule has 1 saturated heterocycles. The molecule has 4 rings (SSSR count). The highest BCUT2D eigenvalue weighted by molar-refractivity contribution is 6.44. The van der Waals surface area contributed by atoms with Gasteiger partial charge in [0.05, 0.1) is 12.2 Å². The summed E-state index contributed by atoms with van der Waals surface area (Å²) in [6.45, 7) is -3.24. The molecule has 10 nitrogen and oxygen atoms in total. The van der Waals surface area contributed by atoms with Crippen LogP contribution in [0.2, 0.25) is 0 Å². The van der Waals surface area contributed by atoms with E-state index in [0.717, 1.165) is 29.1 Å². The number of ether oxygens (including phenoxy) is 1. The summed E-state index contributed by atoms with van der Waals surface area (Å²) in [5.74, 6) is -1.65. The van der Waals surface area contributed by atoms with Crippen LogP contribution in [-0.2, 0) is 16.1 Å². The average Bonchev–Trinajstić information content (AvgIpc) is 3.28.